The van der Waals surface area contributed by atoms with E-state index in [-0.39, 0.29) is 29.5 Å². The fourth-order valence-electron chi connectivity index (χ4n) is 2.62. The molecule has 0 unspecified atom stereocenters. The summed E-state index contributed by atoms with van der Waals surface area (Å²) in [4.78, 5) is 25.9. The van der Waals surface area contributed by atoms with E-state index in [2.05, 4.69) is 5.10 Å². The summed E-state index contributed by atoms with van der Waals surface area (Å²) in [7, 11) is 1.53. The van der Waals surface area contributed by atoms with Gasteiger partial charge in [0.2, 0.25) is 0 Å². The molecule has 0 saturated carbocycles. The third-order valence-corrected chi connectivity index (χ3v) is 3.78. The zero-order chi connectivity index (χ0) is 16.4. The first-order valence-electron chi connectivity index (χ1n) is 7.27. The van der Waals surface area contributed by atoms with Gasteiger partial charge in [0.05, 0.1) is 13.2 Å². The third-order valence-electron chi connectivity index (χ3n) is 3.78. The quantitative estimate of drug-likeness (QED) is 0.851. The van der Waals surface area contributed by atoms with Crippen LogP contribution < -0.4 is 10.5 Å². The zero-order valence-corrected chi connectivity index (χ0v) is 12.7. The molecule has 1 aromatic carbocycles. The number of carbonyl (C=O) groups is 1. The van der Waals surface area contributed by atoms with Crippen molar-refractivity contribution in [3.63, 3.8) is 0 Å². The molecule has 0 fully saturated rings. The smallest absolute Gasteiger partial charge is 0.278 e. The number of ether oxygens (including phenoxy) is 1. The predicted molar refractivity (Wildman–Crippen MR) is 82.2 cm³/mol. The van der Waals surface area contributed by atoms with Gasteiger partial charge in [-0.25, -0.2) is 9.07 Å². The lowest BCUT2D eigenvalue weighted by Gasteiger charge is -2.17. The van der Waals surface area contributed by atoms with Gasteiger partial charge in [0.25, 0.3) is 11.5 Å². The van der Waals surface area contributed by atoms with E-state index in [0.29, 0.717) is 25.3 Å². The van der Waals surface area contributed by atoms with Crippen molar-refractivity contribution in [1.29, 1.82) is 0 Å². The van der Waals surface area contributed by atoms with Crippen molar-refractivity contribution in [2.45, 2.75) is 13.0 Å². The van der Waals surface area contributed by atoms with Gasteiger partial charge in [0, 0.05) is 25.4 Å². The first-order chi connectivity index (χ1) is 11.1. The normalized spacial score (nSPS) is 13.2. The first kappa shape index (κ1) is 15.4. The largest absolute Gasteiger partial charge is 0.383 e. The predicted octanol–water partition coefficient (Wildman–Crippen LogP) is 1.23. The summed E-state index contributed by atoms with van der Waals surface area (Å²) in [6.45, 7) is 1.07. The molecule has 0 saturated heterocycles. The van der Waals surface area contributed by atoms with E-state index in [4.69, 9.17) is 4.74 Å². The van der Waals surface area contributed by atoms with Crippen LogP contribution in [0.4, 0.5) is 10.1 Å². The molecular formula is C16H16FN3O3. The Bertz CT molecular complexity index is 803. The number of aromatic nitrogens is 2. The number of benzene rings is 1. The summed E-state index contributed by atoms with van der Waals surface area (Å²) in [6.07, 6.45) is 0.599. The summed E-state index contributed by atoms with van der Waals surface area (Å²) < 4.78 is 19.4. The summed E-state index contributed by atoms with van der Waals surface area (Å²) in [6, 6.07) is 7.09. The average molecular weight is 317 g/mol. The molecule has 7 heteroatoms. The van der Waals surface area contributed by atoms with Gasteiger partial charge in [0.15, 0.2) is 0 Å². The minimum atomic E-state index is -0.315. The Morgan fingerprint density at radius 2 is 2.17 bits per heavy atom. The molecule has 0 N–H and O–H groups in total. The molecule has 2 heterocycles. The van der Waals surface area contributed by atoms with Crippen molar-refractivity contribution < 1.29 is 13.9 Å². The lowest BCUT2D eigenvalue weighted by atomic mass is 10.1. The van der Waals surface area contributed by atoms with Gasteiger partial charge in [0.1, 0.15) is 11.5 Å². The Balaban J connectivity index is 1.89. The summed E-state index contributed by atoms with van der Waals surface area (Å²) >= 11 is 0. The number of hydrogen-bond donors (Lipinski definition) is 0. The standard InChI is InChI=1S/C16H16FN3O3/c1-23-9-8-20-15(21)5-3-13(18-20)16(22)19-7-6-11-10-12(17)2-4-14(11)19/h2-5,10H,6-9H2,1H3. The number of carbonyl (C=O) groups excluding carboxylic acids is 1. The minimum absolute atomic E-state index is 0.179. The number of methoxy groups -OCH3 is 1. The van der Waals surface area contributed by atoms with Crippen LogP contribution >= 0.6 is 0 Å². The van der Waals surface area contributed by atoms with Gasteiger partial charge in [-0.05, 0) is 36.2 Å². The SMILES string of the molecule is COCCn1nc(C(=O)N2CCc3cc(F)ccc32)ccc1=O. The number of amides is 1. The third kappa shape index (κ3) is 3.00. The molecule has 3 rings (SSSR count). The van der Waals surface area contributed by atoms with Gasteiger partial charge in [-0.1, -0.05) is 0 Å². The van der Waals surface area contributed by atoms with Gasteiger partial charge < -0.3 is 9.64 Å². The number of anilines is 1. The molecule has 6 nitrogen and oxygen atoms in total. The van der Waals surface area contributed by atoms with Crippen LogP contribution in [0.5, 0.6) is 0 Å². The van der Waals surface area contributed by atoms with Crippen molar-refractivity contribution in [2.24, 2.45) is 0 Å². The monoisotopic (exact) mass is 317 g/mol. The second-order valence-corrected chi connectivity index (χ2v) is 5.25. The summed E-state index contributed by atoms with van der Waals surface area (Å²) in [5.41, 5.74) is 1.37. The van der Waals surface area contributed by atoms with Crippen LogP contribution in [-0.4, -0.2) is 35.9 Å². The molecular weight excluding hydrogens is 301 g/mol. The molecule has 1 aromatic heterocycles. The molecule has 1 amide bonds. The topological polar surface area (TPSA) is 64.4 Å². The molecule has 1 aliphatic heterocycles. The van der Waals surface area contributed by atoms with Crippen LogP contribution in [0.2, 0.25) is 0 Å². The highest BCUT2D eigenvalue weighted by Crippen LogP contribution is 2.29. The molecule has 0 aliphatic carbocycles. The molecule has 1 aliphatic rings. The maximum atomic E-state index is 13.3. The maximum absolute atomic E-state index is 13.3. The highest BCUT2D eigenvalue weighted by molar-refractivity contribution is 6.05. The molecule has 23 heavy (non-hydrogen) atoms. The molecule has 0 spiro atoms. The van der Waals surface area contributed by atoms with E-state index >= 15 is 0 Å². The second kappa shape index (κ2) is 6.29. The van der Waals surface area contributed by atoms with E-state index < -0.39 is 0 Å². The van der Waals surface area contributed by atoms with Crippen LogP contribution in [0, 0.1) is 5.82 Å². The van der Waals surface area contributed by atoms with E-state index in [9.17, 15) is 14.0 Å². The highest BCUT2D eigenvalue weighted by Gasteiger charge is 2.27. The Labute approximate surface area is 132 Å². The van der Waals surface area contributed by atoms with Crippen molar-refractivity contribution >= 4 is 11.6 Å². The van der Waals surface area contributed by atoms with Crippen LogP contribution in [-0.2, 0) is 17.7 Å². The fourth-order valence-corrected chi connectivity index (χ4v) is 2.62. The lowest BCUT2D eigenvalue weighted by Crippen LogP contribution is -2.33. The minimum Gasteiger partial charge on any atom is -0.383 e. The maximum Gasteiger partial charge on any atom is 0.278 e. The van der Waals surface area contributed by atoms with E-state index in [1.807, 2.05) is 0 Å². The molecule has 2 aromatic rings. The number of rotatable bonds is 4. The molecule has 0 bridgehead atoms. The summed E-state index contributed by atoms with van der Waals surface area (Å²) in [5.74, 6) is -0.620. The van der Waals surface area contributed by atoms with Crippen molar-refractivity contribution in [3.05, 3.63) is 57.8 Å². The molecule has 0 radical (unpaired) electrons. The van der Waals surface area contributed by atoms with Crippen LogP contribution in [0.15, 0.2) is 35.1 Å². The van der Waals surface area contributed by atoms with Gasteiger partial charge in [-0.2, -0.15) is 5.10 Å². The lowest BCUT2D eigenvalue weighted by molar-refractivity contribution is 0.0981. The van der Waals surface area contributed by atoms with Crippen molar-refractivity contribution in [1.82, 2.24) is 9.78 Å². The Kier molecular flexibility index (Phi) is 4.20. The number of hydrogen-bond acceptors (Lipinski definition) is 4. The molecule has 120 valence electrons. The van der Waals surface area contributed by atoms with E-state index in [1.165, 1.54) is 36.1 Å². The van der Waals surface area contributed by atoms with Crippen molar-refractivity contribution in [3.8, 4) is 0 Å². The first-order valence-corrected chi connectivity index (χ1v) is 7.27. The van der Waals surface area contributed by atoms with Gasteiger partial charge in [-0.3, -0.25) is 9.59 Å². The van der Waals surface area contributed by atoms with Crippen molar-refractivity contribution in [2.75, 3.05) is 25.2 Å². The fraction of sp³-hybridized carbons (Fsp3) is 0.312. The Morgan fingerprint density at radius 3 is 2.96 bits per heavy atom. The Hall–Kier alpha value is -2.54. The zero-order valence-electron chi connectivity index (χ0n) is 12.7. The Morgan fingerprint density at radius 1 is 1.35 bits per heavy atom. The number of halogens is 1. The second-order valence-electron chi connectivity index (χ2n) is 5.25. The van der Waals surface area contributed by atoms with E-state index in [0.717, 1.165) is 5.56 Å². The van der Waals surface area contributed by atoms with Gasteiger partial charge >= 0.3 is 0 Å². The van der Waals surface area contributed by atoms with Gasteiger partial charge in [-0.15, -0.1) is 0 Å². The van der Waals surface area contributed by atoms with E-state index in [1.54, 1.807) is 11.0 Å². The van der Waals surface area contributed by atoms with Crippen LogP contribution in [0.1, 0.15) is 16.1 Å². The average Bonchev–Trinajstić information content (AvgIpc) is 2.96. The number of nitrogens with zero attached hydrogens (tertiary/aromatic N) is 3. The van der Waals surface area contributed by atoms with Crippen LogP contribution in [0.3, 0.4) is 0 Å². The highest BCUT2D eigenvalue weighted by atomic mass is 19.1. The van der Waals surface area contributed by atoms with Crippen LogP contribution in [0.25, 0.3) is 0 Å². The summed E-state index contributed by atoms with van der Waals surface area (Å²) in [5, 5.41) is 4.10. The number of fused-ring (bicyclic) bond motifs is 1. The molecule has 0 atom stereocenters.